The van der Waals surface area contributed by atoms with E-state index in [2.05, 4.69) is 39.8 Å². The van der Waals surface area contributed by atoms with E-state index in [0.717, 1.165) is 33.0 Å². The Morgan fingerprint density at radius 1 is 0.720 bits per heavy atom. The lowest BCUT2D eigenvalue weighted by Gasteiger charge is -2.19. The number of hydrogen-bond acceptors (Lipinski definition) is 2. The number of rotatable bonds is 6. The summed E-state index contributed by atoms with van der Waals surface area (Å²) in [5.74, 6) is 2.70. The Balaban J connectivity index is 2.28. The SMILES string of the molecule is CC(C)COc1c2ccccc2c(OCC(C)C)c2cc(Cl)ccc12. The summed E-state index contributed by atoms with van der Waals surface area (Å²) in [4.78, 5) is 0. The molecule has 0 saturated carbocycles. The number of halogens is 1. The van der Waals surface area contributed by atoms with Gasteiger partial charge in [0, 0.05) is 26.6 Å². The zero-order chi connectivity index (χ0) is 18.0. The summed E-state index contributed by atoms with van der Waals surface area (Å²) < 4.78 is 12.4. The standard InChI is InChI=1S/C22H25ClO2/c1-14(2)12-24-21-17-7-5-6-8-18(17)22(25-13-15(3)4)20-11-16(23)9-10-19(20)21/h5-11,14-15H,12-13H2,1-4H3. The summed E-state index contributed by atoms with van der Waals surface area (Å²) in [7, 11) is 0. The van der Waals surface area contributed by atoms with Crippen LogP contribution in [0.15, 0.2) is 42.5 Å². The Kier molecular flexibility index (Phi) is 5.39. The number of fused-ring (bicyclic) bond motifs is 2. The van der Waals surface area contributed by atoms with E-state index < -0.39 is 0 Å². The zero-order valence-electron chi connectivity index (χ0n) is 15.3. The molecule has 25 heavy (non-hydrogen) atoms. The van der Waals surface area contributed by atoms with Crippen molar-refractivity contribution >= 4 is 33.1 Å². The van der Waals surface area contributed by atoms with Gasteiger partial charge < -0.3 is 9.47 Å². The van der Waals surface area contributed by atoms with Crippen LogP contribution in [-0.4, -0.2) is 13.2 Å². The number of hydrogen-bond donors (Lipinski definition) is 0. The molecule has 0 aliphatic carbocycles. The molecule has 0 spiro atoms. The minimum atomic E-state index is 0.449. The molecule has 0 amide bonds. The fourth-order valence-corrected chi connectivity index (χ4v) is 3.05. The lowest BCUT2D eigenvalue weighted by Crippen LogP contribution is -2.07. The molecule has 0 saturated heterocycles. The van der Waals surface area contributed by atoms with Crippen LogP contribution >= 0.6 is 11.6 Å². The van der Waals surface area contributed by atoms with Gasteiger partial charge in [-0.2, -0.15) is 0 Å². The first-order valence-electron chi connectivity index (χ1n) is 8.87. The van der Waals surface area contributed by atoms with Gasteiger partial charge in [0.2, 0.25) is 0 Å². The van der Waals surface area contributed by atoms with Crippen molar-refractivity contribution in [1.82, 2.24) is 0 Å². The van der Waals surface area contributed by atoms with Crippen LogP contribution in [0.4, 0.5) is 0 Å². The van der Waals surface area contributed by atoms with Crippen molar-refractivity contribution in [3.63, 3.8) is 0 Å². The van der Waals surface area contributed by atoms with Gasteiger partial charge in [-0.25, -0.2) is 0 Å². The first kappa shape index (κ1) is 17.9. The van der Waals surface area contributed by atoms with Crippen LogP contribution in [-0.2, 0) is 0 Å². The quantitative estimate of drug-likeness (QED) is 0.456. The van der Waals surface area contributed by atoms with E-state index in [9.17, 15) is 0 Å². The van der Waals surface area contributed by atoms with Crippen molar-refractivity contribution in [2.75, 3.05) is 13.2 Å². The third-order valence-corrected chi connectivity index (χ3v) is 4.24. The van der Waals surface area contributed by atoms with E-state index >= 15 is 0 Å². The molecular formula is C22H25ClO2. The van der Waals surface area contributed by atoms with Gasteiger partial charge in [-0.05, 0) is 30.0 Å². The van der Waals surface area contributed by atoms with Crippen molar-refractivity contribution in [3.8, 4) is 11.5 Å². The van der Waals surface area contributed by atoms with Gasteiger partial charge in [0.1, 0.15) is 11.5 Å². The Labute approximate surface area is 154 Å². The Hall–Kier alpha value is -1.93. The van der Waals surface area contributed by atoms with Crippen molar-refractivity contribution < 1.29 is 9.47 Å². The van der Waals surface area contributed by atoms with E-state index in [1.807, 2.05) is 30.3 Å². The second-order valence-electron chi connectivity index (χ2n) is 7.30. The zero-order valence-corrected chi connectivity index (χ0v) is 16.1. The van der Waals surface area contributed by atoms with Crippen LogP contribution in [0, 0.1) is 11.8 Å². The molecule has 2 nitrogen and oxygen atoms in total. The maximum Gasteiger partial charge on any atom is 0.135 e. The molecule has 0 radical (unpaired) electrons. The van der Waals surface area contributed by atoms with Gasteiger partial charge in [-0.3, -0.25) is 0 Å². The van der Waals surface area contributed by atoms with E-state index in [4.69, 9.17) is 21.1 Å². The minimum Gasteiger partial charge on any atom is -0.492 e. The summed E-state index contributed by atoms with van der Waals surface area (Å²) in [5.41, 5.74) is 0. The van der Waals surface area contributed by atoms with Crippen molar-refractivity contribution in [1.29, 1.82) is 0 Å². The third-order valence-electron chi connectivity index (χ3n) is 4.01. The highest BCUT2D eigenvalue weighted by molar-refractivity contribution is 6.31. The van der Waals surface area contributed by atoms with Crippen LogP contribution in [0.1, 0.15) is 27.7 Å². The molecule has 0 bridgehead atoms. The minimum absolute atomic E-state index is 0.449. The van der Waals surface area contributed by atoms with Crippen LogP contribution in [0.25, 0.3) is 21.5 Å². The van der Waals surface area contributed by atoms with Gasteiger partial charge in [0.05, 0.1) is 13.2 Å². The largest absolute Gasteiger partial charge is 0.492 e. The summed E-state index contributed by atoms with van der Waals surface area (Å²) in [6, 6.07) is 14.2. The molecular weight excluding hydrogens is 332 g/mol. The summed E-state index contributed by atoms with van der Waals surface area (Å²) >= 11 is 6.29. The molecule has 3 rings (SSSR count). The van der Waals surface area contributed by atoms with Crippen molar-refractivity contribution in [2.24, 2.45) is 11.8 Å². The summed E-state index contributed by atoms with van der Waals surface area (Å²) in [6.45, 7) is 9.95. The maximum absolute atomic E-state index is 6.29. The molecule has 0 fully saturated rings. The van der Waals surface area contributed by atoms with Gasteiger partial charge in [-0.15, -0.1) is 0 Å². The normalized spacial score (nSPS) is 11.6. The Morgan fingerprint density at radius 3 is 1.72 bits per heavy atom. The number of benzene rings is 3. The summed E-state index contributed by atoms with van der Waals surface area (Å²) in [6.07, 6.45) is 0. The molecule has 0 N–H and O–H groups in total. The molecule has 0 aromatic heterocycles. The van der Waals surface area contributed by atoms with Gasteiger partial charge in [-0.1, -0.05) is 63.6 Å². The smallest absolute Gasteiger partial charge is 0.135 e. The van der Waals surface area contributed by atoms with E-state index in [1.165, 1.54) is 0 Å². The van der Waals surface area contributed by atoms with E-state index in [-0.39, 0.29) is 0 Å². The molecule has 3 aromatic rings. The van der Waals surface area contributed by atoms with Crippen LogP contribution in [0.2, 0.25) is 5.02 Å². The van der Waals surface area contributed by atoms with Crippen molar-refractivity contribution in [3.05, 3.63) is 47.5 Å². The molecule has 3 heteroatoms. The molecule has 0 atom stereocenters. The fourth-order valence-electron chi connectivity index (χ4n) is 2.88. The Morgan fingerprint density at radius 2 is 1.20 bits per heavy atom. The topological polar surface area (TPSA) is 18.5 Å². The average Bonchev–Trinajstić information content (AvgIpc) is 2.57. The highest BCUT2D eigenvalue weighted by Crippen LogP contribution is 2.43. The van der Waals surface area contributed by atoms with Crippen LogP contribution in [0.3, 0.4) is 0 Å². The second-order valence-corrected chi connectivity index (χ2v) is 7.74. The second kappa shape index (κ2) is 7.53. The maximum atomic E-state index is 6.29. The highest BCUT2D eigenvalue weighted by atomic mass is 35.5. The van der Waals surface area contributed by atoms with Gasteiger partial charge in [0.15, 0.2) is 0 Å². The van der Waals surface area contributed by atoms with Crippen molar-refractivity contribution in [2.45, 2.75) is 27.7 Å². The fraction of sp³-hybridized carbons (Fsp3) is 0.364. The molecule has 0 heterocycles. The lowest BCUT2D eigenvalue weighted by molar-refractivity contribution is 0.273. The molecule has 0 aliphatic rings. The van der Waals surface area contributed by atoms with Gasteiger partial charge >= 0.3 is 0 Å². The Bertz CT molecular complexity index is 884. The lowest BCUT2D eigenvalue weighted by atomic mass is 10.0. The molecule has 0 aliphatic heterocycles. The molecule has 0 unspecified atom stereocenters. The predicted molar refractivity (Wildman–Crippen MR) is 107 cm³/mol. The molecule has 132 valence electrons. The first-order chi connectivity index (χ1) is 12.0. The average molecular weight is 357 g/mol. The monoisotopic (exact) mass is 356 g/mol. The number of ether oxygens (including phenoxy) is 2. The van der Waals surface area contributed by atoms with Crippen LogP contribution in [0.5, 0.6) is 11.5 Å². The van der Waals surface area contributed by atoms with Gasteiger partial charge in [0.25, 0.3) is 0 Å². The molecule has 3 aromatic carbocycles. The highest BCUT2D eigenvalue weighted by Gasteiger charge is 2.17. The predicted octanol–water partition coefficient (Wildman–Crippen LogP) is 6.72. The first-order valence-corrected chi connectivity index (χ1v) is 9.24. The van der Waals surface area contributed by atoms with E-state index in [0.29, 0.717) is 30.1 Å². The third kappa shape index (κ3) is 3.85. The summed E-state index contributed by atoms with van der Waals surface area (Å²) in [5, 5.41) is 4.90. The van der Waals surface area contributed by atoms with E-state index in [1.54, 1.807) is 0 Å². The van der Waals surface area contributed by atoms with Crippen LogP contribution < -0.4 is 9.47 Å².